The second-order valence-electron chi connectivity index (χ2n) is 7.27. The van der Waals surface area contributed by atoms with E-state index in [2.05, 4.69) is 5.32 Å². The van der Waals surface area contributed by atoms with E-state index in [0.29, 0.717) is 43.2 Å². The highest BCUT2D eigenvalue weighted by Crippen LogP contribution is 2.21. The molecule has 0 radical (unpaired) electrons. The van der Waals surface area contributed by atoms with Gasteiger partial charge in [-0.2, -0.15) is 0 Å². The number of amides is 3. The molecule has 0 spiro atoms. The lowest BCUT2D eigenvalue weighted by Gasteiger charge is -2.34. The summed E-state index contributed by atoms with van der Waals surface area (Å²) < 4.78 is 10.9. The minimum atomic E-state index is -0.337. The van der Waals surface area contributed by atoms with Crippen molar-refractivity contribution < 1.29 is 23.5 Å². The molecule has 2 aromatic carbocycles. The number of carbonyl (C=O) groups excluding carboxylic acids is 3. The first-order valence-electron chi connectivity index (χ1n) is 10.3. The van der Waals surface area contributed by atoms with E-state index in [0.717, 1.165) is 0 Å². The van der Waals surface area contributed by atoms with Crippen LogP contribution >= 0.6 is 0 Å². The predicted octanol–water partition coefficient (Wildman–Crippen LogP) is 2.79. The largest absolute Gasteiger partial charge is 0.459 e. The molecule has 0 saturated carbocycles. The van der Waals surface area contributed by atoms with E-state index < -0.39 is 0 Å². The van der Waals surface area contributed by atoms with Crippen LogP contribution in [0.25, 0.3) is 0 Å². The zero-order chi connectivity index (χ0) is 22.3. The molecule has 164 valence electrons. The zero-order valence-electron chi connectivity index (χ0n) is 17.4. The Balaban J connectivity index is 1.22. The molecule has 0 unspecified atom stereocenters. The SMILES string of the molecule is O=C(NCC(=O)N1CCN(C(=O)c2ccco2)CC1)c1ccc(Oc2ccccc2)cc1. The van der Waals surface area contributed by atoms with Crippen LogP contribution in [0.5, 0.6) is 11.5 Å². The van der Waals surface area contributed by atoms with Crippen molar-refractivity contribution in [2.45, 2.75) is 0 Å². The summed E-state index contributed by atoms with van der Waals surface area (Å²) >= 11 is 0. The summed E-state index contributed by atoms with van der Waals surface area (Å²) in [7, 11) is 0. The number of carbonyl (C=O) groups is 3. The van der Waals surface area contributed by atoms with E-state index in [4.69, 9.17) is 9.15 Å². The summed E-state index contributed by atoms with van der Waals surface area (Å²) in [5, 5.41) is 2.66. The summed E-state index contributed by atoms with van der Waals surface area (Å²) in [6.07, 6.45) is 1.46. The number of hydrogen-bond acceptors (Lipinski definition) is 5. The molecule has 4 rings (SSSR count). The smallest absolute Gasteiger partial charge is 0.289 e. The lowest BCUT2D eigenvalue weighted by Crippen LogP contribution is -2.52. The van der Waals surface area contributed by atoms with Crippen LogP contribution in [-0.4, -0.2) is 60.2 Å². The lowest BCUT2D eigenvalue weighted by atomic mass is 10.2. The quantitative estimate of drug-likeness (QED) is 0.645. The average molecular weight is 433 g/mol. The number of piperazine rings is 1. The van der Waals surface area contributed by atoms with Crippen LogP contribution in [0.15, 0.2) is 77.4 Å². The monoisotopic (exact) mass is 433 g/mol. The Labute approximate surface area is 185 Å². The molecule has 1 aliphatic rings. The fourth-order valence-corrected chi connectivity index (χ4v) is 3.38. The van der Waals surface area contributed by atoms with Gasteiger partial charge in [0.2, 0.25) is 5.91 Å². The lowest BCUT2D eigenvalue weighted by molar-refractivity contribution is -0.131. The van der Waals surface area contributed by atoms with Gasteiger partial charge in [0.05, 0.1) is 12.8 Å². The number of para-hydroxylation sites is 1. The molecule has 2 heterocycles. The van der Waals surface area contributed by atoms with Gasteiger partial charge >= 0.3 is 0 Å². The first-order valence-corrected chi connectivity index (χ1v) is 10.3. The van der Waals surface area contributed by atoms with Gasteiger partial charge in [-0.25, -0.2) is 0 Å². The number of benzene rings is 2. The minimum absolute atomic E-state index is 0.104. The predicted molar refractivity (Wildman–Crippen MR) is 116 cm³/mol. The third kappa shape index (κ3) is 5.15. The number of furan rings is 1. The Morgan fingerprint density at radius 2 is 1.47 bits per heavy atom. The number of ether oxygens (including phenoxy) is 1. The number of nitrogens with one attached hydrogen (secondary N) is 1. The highest BCUT2D eigenvalue weighted by Gasteiger charge is 2.26. The van der Waals surface area contributed by atoms with E-state index >= 15 is 0 Å². The fraction of sp³-hybridized carbons (Fsp3) is 0.208. The van der Waals surface area contributed by atoms with E-state index in [1.165, 1.54) is 6.26 Å². The van der Waals surface area contributed by atoms with Gasteiger partial charge in [0.15, 0.2) is 5.76 Å². The van der Waals surface area contributed by atoms with Crippen molar-refractivity contribution in [3.8, 4) is 11.5 Å². The van der Waals surface area contributed by atoms with Crippen molar-refractivity contribution in [1.82, 2.24) is 15.1 Å². The molecule has 3 amide bonds. The fourth-order valence-electron chi connectivity index (χ4n) is 3.38. The molecule has 1 fully saturated rings. The maximum Gasteiger partial charge on any atom is 0.289 e. The Morgan fingerprint density at radius 3 is 2.12 bits per heavy atom. The highest BCUT2D eigenvalue weighted by molar-refractivity contribution is 5.96. The third-order valence-corrected chi connectivity index (χ3v) is 5.15. The van der Waals surface area contributed by atoms with Gasteiger partial charge in [-0.05, 0) is 48.5 Å². The molecule has 1 aromatic heterocycles. The maximum absolute atomic E-state index is 12.5. The first kappa shape index (κ1) is 21.2. The van der Waals surface area contributed by atoms with Crippen LogP contribution in [0, 0.1) is 0 Å². The van der Waals surface area contributed by atoms with Gasteiger partial charge in [-0.3, -0.25) is 14.4 Å². The van der Waals surface area contributed by atoms with Gasteiger partial charge < -0.3 is 24.3 Å². The second-order valence-corrected chi connectivity index (χ2v) is 7.27. The molecule has 32 heavy (non-hydrogen) atoms. The normalized spacial score (nSPS) is 13.5. The van der Waals surface area contributed by atoms with Crippen LogP contribution in [0.2, 0.25) is 0 Å². The Bertz CT molecular complexity index is 1060. The second kappa shape index (κ2) is 9.82. The van der Waals surface area contributed by atoms with Crippen LogP contribution in [0.3, 0.4) is 0 Å². The summed E-state index contributed by atoms with van der Waals surface area (Å²) in [4.78, 5) is 40.4. The summed E-state index contributed by atoms with van der Waals surface area (Å²) in [6.45, 7) is 1.55. The molecule has 1 saturated heterocycles. The van der Waals surface area contributed by atoms with Gasteiger partial charge in [0, 0.05) is 31.7 Å². The molecule has 1 N–H and O–H groups in total. The molecule has 1 aliphatic heterocycles. The first-order chi connectivity index (χ1) is 15.6. The van der Waals surface area contributed by atoms with E-state index in [1.54, 1.807) is 46.2 Å². The molecule has 0 atom stereocenters. The average Bonchev–Trinajstić information content (AvgIpc) is 3.38. The van der Waals surface area contributed by atoms with Gasteiger partial charge in [-0.1, -0.05) is 18.2 Å². The standard InChI is InChI=1S/C24H23N3O5/c28-22(26-12-14-27(15-13-26)24(30)21-7-4-16-31-21)17-25-23(29)18-8-10-20(11-9-18)32-19-5-2-1-3-6-19/h1-11,16H,12-15,17H2,(H,25,29). The van der Waals surface area contributed by atoms with Crippen molar-refractivity contribution in [1.29, 1.82) is 0 Å². The van der Waals surface area contributed by atoms with Crippen molar-refractivity contribution in [2.75, 3.05) is 32.7 Å². The van der Waals surface area contributed by atoms with E-state index in [1.807, 2.05) is 30.3 Å². The van der Waals surface area contributed by atoms with Gasteiger partial charge in [-0.15, -0.1) is 0 Å². The number of rotatable bonds is 6. The van der Waals surface area contributed by atoms with Gasteiger partial charge in [0.1, 0.15) is 11.5 Å². The van der Waals surface area contributed by atoms with Crippen LogP contribution in [-0.2, 0) is 4.79 Å². The molecule has 8 nitrogen and oxygen atoms in total. The molecule has 0 aliphatic carbocycles. The van der Waals surface area contributed by atoms with Crippen molar-refractivity contribution in [3.63, 3.8) is 0 Å². The molecule has 0 bridgehead atoms. The van der Waals surface area contributed by atoms with Crippen LogP contribution in [0.1, 0.15) is 20.9 Å². The third-order valence-electron chi connectivity index (χ3n) is 5.15. The zero-order valence-corrected chi connectivity index (χ0v) is 17.4. The minimum Gasteiger partial charge on any atom is -0.459 e. The maximum atomic E-state index is 12.5. The number of hydrogen-bond donors (Lipinski definition) is 1. The summed E-state index contributed by atoms with van der Waals surface area (Å²) in [5.41, 5.74) is 0.437. The van der Waals surface area contributed by atoms with Crippen molar-refractivity contribution in [2.24, 2.45) is 0 Å². The molecule has 8 heteroatoms. The van der Waals surface area contributed by atoms with E-state index in [9.17, 15) is 14.4 Å². The van der Waals surface area contributed by atoms with Crippen LogP contribution < -0.4 is 10.1 Å². The topological polar surface area (TPSA) is 92.1 Å². The van der Waals surface area contributed by atoms with Crippen LogP contribution in [0.4, 0.5) is 0 Å². The molecular weight excluding hydrogens is 410 g/mol. The summed E-state index contributed by atoms with van der Waals surface area (Å²) in [6, 6.07) is 19.4. The van der Waals surface area contributed by atoms with Crippen molar-refractivity contribution >= 4 is 17.7 Å². The Hall–Kier alpha value is -4.07. The summed E-state index contributed by atoms with van der Waals surface area (Å²) in [5.74, 6) is 0.906. The highest BCUT2D eigenvalue weighted by atomic mass is 16.5. The molecule has 3 aromatic rings. The Morgan fingerprint density at radius 1 is 0.812 bits per heavy atom. The van der Waals surface area contributed by atoms with Crippen molar-refractivity contribution in [3.05, 3.63) is 84.3 Å². The molecular formula is C24H23N3O5. The van der Waals surface area contributed by atoms with E-state index in [-0.39, 0.29) is 30.0 Å². The van der Waals surface area contributed by atoms with Gasteiger partial charge in [0.25, 0.3) is 11.8 Å². The number of nitrogens with zero attached hydrogens (tertiary/aromatic N) is 2. The Kier molecular flexibility index (Phi) is 6.50.